The van der Waals surface area contributed by atoms with Crippen LogP contribution in [0.25, 0.3) is 0 Å². The average Bonchev–Trinajstić information content (AvgIpc) is 2.68. The van der Waals surface area contributed by atoms with Gasteiger partial charge in [-0.1, -0.05) is 30.3 Å². The molecule has 2 aromatic rings. The minimum Gasteiger partial charge on any atom is -0.491 e. The Morgan fingerprint density at radius 2 is 1.88 bits per heavy atom. The van der Waals surface area contributed by atoms with Crippen molar-refractivity contribution in [3.8, 4) is 5.75 Å². The number of methoxy groups -OCH3 is 1. The van der Waals surface area contributed by atoms with Gasteiger partial charge in [-0.25, -0.2) is 0 Å². The van der Waals surface area contributed by atoms with E-state index in [4.69, 9.17) is 9.47 Å². The van der Waals surface area contributed by atoms with Crippen LogP contribution in [0.1, 0.15) is 28.8 Å². The molecule has 1 saturated heterocycles. The number of carbonyl (C=O) groups excluding carboxylic acids is 1. The van der Waals surface area contributed by atoms with Crippen LogP contribution in [0.3, 0.4) is 0 Å². The summed E-state index contributed by atoms with van der Waals surface area (Å²) in [4.78, 5) is 14.5. The molecule has 1 amide bonds. The molecule has 5 heteroatoms. The number of benzene rings is 2. The van der Waals surface area contributed by atoms with Crippen molar-refractivity contribution < 1.29 is 19.4 Å². The highest BCUT2D eigenvalue weighted by Gasteiger charge is 2.36. The number of β-amino-alcohol motifs (C(OH)–C–C–N with tert-alkyl or cyclic N) is 1. The SMILES string of the molecule is COCc1ccc(C(=O)N2CCCC(O)(COc3ccccc3)C2)cc1. The standard InChI is InChI=1S/C21H25NO4/c1-25-14-17-8-10-18(11-9-17)20(23)22-13-5-12-21(24,15-22)16-26-19-6-3-2-4-7-19/h2-4,6-11,24H,5,12-16H2,1H3. The third-order valence-electron chi connectivity index (χ3n) is 4.61. The molecule has 1 unspecified atom stereocenters. The zero-order valence-corrected chi connectivity index (χ0v) is 15.1. The average molecular weight is 355 g/mol. The fourth-order valence-electron chi connectivity index (χ4n) is 3.23. The highest BCUT2D eigenvalue weighted by Crippen LogP contribution is 2.24. The summed E-state index contributed by atoms with van der Waals surface area (Å²) in [7, 11) is 1.64. The maximum Gasteiger partial charge on any atom is 0.253 e. The van der Waals surface area contributed by atoms with Crippen molar-refractivity contribution >= 4 is 5.91 Å². The van der Waals surface area contributed by atoms with E-state index >= 15 is 0 Å². The van der Waals surface area contributed by atoms with E-state index in [1.54, 1.807) is 12.0 Å². The normalized spacial score (nSPS) is 20.0. The van der Waals surface area contributed by atoms with Crippen molar-refractivity contribution in [2.45, 2.75) is 25.0 Å². The zero-order valence-electron chi connectivity index (χ0n) is 15.1. The van der Waals surface area contributed by atoms with Gasteiger partial charge in [0.1, 0.15) is 18.0 Å². The molecule has 0 aromatic heterocycles. The summed E-state index contributed by atoms with van der Waals surface area (Å²) in [6.45, 7) is 1.62. The van der Waals surface area contributed by atoms with Crippen molar-refractivity contribution in [1.29, 1.82) is 0 Å². The Kier molecular flexibility index (Phi) is 5.91. The Labute approximate surface area is 154 Å². The minimum atomic E-state index is -1.03. The lowest BCUT2D eigenvalue weighted by atomic mass is 9.93. The van der Waals surface area contributed by atoms with Crippen LogP contribution in [0.2, 0.25) is 0 Å². The van der Waals surface area contributed by atoms with E-state index in [9.17, 15) is 9.90 Å². The fourth-order valence-corrected chi connectivity index (χ4v) is 3.23. The molecule has 3 rings (SSSR count). The summed E-state index contributed by atoms with van der Waals surface area (Å²) in [6, 6.07) is 16.8. The molecular weight excluding hydrogens is 330 g/mol. The van der Waals surface area contributed by atoms with E-state index in [1.807, 2.05) is 54.6 Å². The van der Waals surface area contributed by atoms with E-state index in [0.717, 1.165) is 17.7 Å². The number of para-hydroxylation sites is 1. The molecule has 1 atom stereocenters. The lowest BCUT2D eigenvalue weighted by Crippen LogP contribution is -2.53. The van der Waals surface area contributed by atoms with E-state index in [1.165, 1.54) is 0 Å². The second-order valence-electron chi connectivity index (χ2n) is 6.79. The lowest BCUT2D eigenvalue weighted by molar-refractivity contribution is -0.0532. The first-order chi connectivity index (χ1) is 12.6. The van der Waals surface area contributed by atoms with Crippen LogP contribution in [-0.4, -0.2) is 48.3 Å². The van der Waals surface area contributed by atoms with Crippen LogP contribution in [0.15, 0.2) is 54.6 Å². The van der Waals surface area contributed by atoms with Gasteiger partial charge in [-0.3, -0.25) is 4.79 Å². The van der Waals surface area contributed by atoms with E-state index < -0.39 is 5.60 Å². The Morgan fingerprint density at radius 3 is 2.58 bits per heavy atom. The van der Waals surface area contributed by atoms with Gasteiger partial charge in [0.15, 0.2) is 0 Å². The molecule has 0 spiro atoms. The van der Waals surface area contributed by atoms with Crippen LogP contribution in [-0.2, 0) is 11.3 Å². The predicted molar refractivity (Wildman–Crippen MR) is 99.2 cm³/mol. The molecule has 1 aliphatic rings. The number of amides is 1. The molecule has 0 radical (unpaired) electrons. The van der Waals surface area contributed by atoms with Crippen LogP contribution >= 0.6 is 0 Å². The van der Waals surface area contributed by atoms with Gasteiger partial charge in [-0.05, 0) is 42.7 Å². The van der Waals surface area contributed by atoms with Gasteiger partial charge in [0.05, 0.1) is 13.2 Å². The van der Waals surface area contributed by atoms with Crippen LogP contribution in [0, 0.1) is 0 Å². The first kappa shape index (κ1) is 18.4. The second kappa shape index (κ2) is 8.34. The molecule has 5 nitrogen and oxygen atoms in total. The van der Waals surface area contributed by atoms with Gasteiger partial charge < -0.3 is 19.5 Å². The predicted octanol–water partition coefficient (Wildman–Crippen LogP) is 2.88. The van der Waals surface area contributed by atoms with Crippen LogP contribution < -0.4 is 4.74 Å². The Balaban J connectivity index is 1.62. The molecule has 1 fully saturated rings. The first-order valence-electron chi connectivity index (χ1n) is 8.87. The summed E-state index contributed by atoms with van der Waals surface area (Å²) in [5, 5.41) is 10.9. The van der Waals surface area contributed by atoms with Gasteiger partial charge in [0.25, 0.3) is 5.91 Å². The molecular formula is C21H25NO4. The molecule has 26 heavy (non-hydrogen) atoms. The summed E-state index contributed by atoms with van der Waals surface area (Å²) in [5.41, 5.74) is 0.619. The molecule has 0 bridgehead atoms. The second-order valence-corrected chi connectivity index (χ2v) is 6.79. The zero-order chi connectivity index (χ0) is 18.4. The number of ether oxygens (including phenoxy) is 2. The largest absolute Gasteiger partial charge is 0.491 e. The Hall–Kier alpha value is -2.37. The Morgan fingerprint density at radius 1 is 1.15 bits per heavy atom. The van der Waals surface area contributed by atoms with Gasteiger partial charge in [-0.2, -0.15) is 0 Å². The van der Waals surface area contributed by atoms with Crippen molar-refractivity contribution in [3.63, 3.8) is 0 Å². The highest BCUT2D eigenvalue weighted by atomic mass is 16.5. The fraction of sp³-hybridized carbons (Fsp3) is 0.381. The number of carbonyl (C=O) groups is 1. The summed E-state index contributed by atoms with van der Waals surface area (Å²) >= 11 is 0. The topological polar surface area (TPSA) is 59.0 Å². The summed E-state index contributed by atoms with van der Waals surface area (Å²) < 4.78 is 10.8. The number of piperidine rings is 1. The minimum absolute atomic E-state index is 0.0631. The lowest BCUT2D eigenvalue weighted by Gasteiger charge is -2.39. The number of aliphatic hydroxyl groups is 1. The van der Waals surface area contributed by atoms with Gasteiger partial charge in [-0.15, -0.1) is 0 Å². The number of hydrogen-bond donors (Lipinski definition) is 1. The third kappa shape index (κ3) is 4.62. The smallest absolute Gasteiger partial charge is 0.253 e. The maximum absolute atomic E-state index is 12.8. The Bertz CT molecular complexity index is 717. The molecule has 1 aliphatic heterocycles. The quantitative estimate of drug-likeness (QED) is 0.866. The molecule has 0 aliphatic carbocycles. The van der Waals surface area contributed by atoms with Crippen molar-refractivity contribution in [2.24, 2.45) is 0 Å². The molecule has 1 N–H and O–H groups in total. The van der Waals surface area contributed by atoms with Gasteiger partial charge in [0, 0.05) is 19.2 Å². The number of hydrogen-bond acceptors (Lipinski definition) is 4. The van der Waals surface area contributed by atoms with Crippen LogP contribution in [0.5, 0.6) is 5.75 Å². The highest BCUT2D eigenvalue weighted by molar-refractivity contribution is 5.94. The van der Waals surface area contributed by atoms with Gasteiger partial charge >= 0.3 is 0 Å². The van der Waals surface area contributed by atoms with Gasteiger partial charge in [0.2, 0.25) is 0 Å². The van der Waals surface area contributed by atoms with E-state index in [2.05, 4.69) is 0 Å². The van der Waals surface area contributed by atoms with Crippen molar-refractivity contribution in [3.05, 3.63) is 65.7 Å². The van der Waals surface area contributed by atoms with Crippen molar-refractivity contribution in [1.82, 2.24) is 4.90 Å². The monoisotopic (exact) mass is 355 g/mol. The number of likely N-dealkylation sites (tertiary alicyclic amines) is 1. The number of nitrogens with zero attached hydrogens (tertiary/aromatic N) is 1. The van der Waals surface area contributed by atoms with E-state index in [-0.39, 0.29) is 19.1 Å². The van der Waals surface area contributed by atoms with Crippen molar-refractivity contribution in [2.75, 3.05) is 26.8 Å². The maximum atomic E-state index is 12.8. The molecule has 2 aromatic carbocycles. The summed E-state index contributed by atoms with van der Waals surface area (Å²) in [6.07, 6.45) is 1.37. The third-order valence-corrected chi connectivity index (χ3v) is 4.61. The van der Waals surface area contributed by atoms with E-state index in [0.29, 0.717) is 25.1 Å². The molecule has 1 heterocycles. The molecule has 138 valence electrons. The summed E-state index contributed by atoms with van der Waals surface area (Å²) in [5.74, 6) is 0.657. The molecule has 0 saturated carbocycles. The number of rotatable bonds is 6. The first-order valence-corrected chi connectivity index (χ1v) is 8.87. The van der Waals surface area contributed by atoms with Crippen LogP contribution in [0.4, 0.5) is 0 Å².